The number of carbonyl (C=O) groups excluding carboxylic acids is 1. The van der Waals surface area contributed by atoms with Gasteiger partial charge in [0, 0.05) is 23.2 Å². The number of nitrogens with zero attached hydrogens (tertiary/aromatic N) is 2. The summed E-state index contributed by atoms with van der Waals surface area (Å²) in [6, 6.07) is 12.7. The highest BCUT2D eigenvalue weighted by atomic mass is 32.1. The van der Waals surface area contributed by atoms with Crippen molar-refractivity contribution in [1.82, 2.24) is 9.38 Å². The Morgan fingerprint density at radius 1 is 1.19 bits per heavy atom. The highest BCUT2D eigenvalue weighted by Crippen LogP contribution is 2.35. The molecule has 2 aromatic carbocycles. The van der Waals surface area contributed by atoms with Crippen LogP contribution in [0.1, 0.15) is 27.2 Å². The van der Waals surface area contributed by atoms with Crippen LogP contribution in [0, 0.1) is 13.8 Å². The van der Waals surface area contributed by atoms with Gasteiger partial charge in [-0.05, 0) is 49.1 Å². The number of hydrogen-bond acceptors (Lipinski definition) is 4. The molecule has 5 heteroatoms. The largest absolute Gasteiger partial charge is 0.384 e. The molecule has 0 radical (unpaired) electrons. The number of fused-ring (bicyclic) bond motifs is 2. The quantitative estimate of drug-likeness (QED) is 0.507. The van der Waals surface area contributed by atoms with E-state index in [0.29, 0.717) is 5.69 Å². The molecule has 4 nitrogen and oxygen atoms in total. The molecule has 1 aliphatic rings. The number of imidazole rings is 1. The van der Waals surface area contributed by atoms with Gasteiger partial charge in [0.25, 0.3) is 0 Å². The molecule has 0 amide bonds. The lowest BCUT2D eigenvalue weighted by Gasteiger charge is -2.07. The number of nitrogens with one attached hydrogen (secondary N) is 1. The molecule has 0 spiro atoms. The van der Waals surface area contributed by atoms with Crippen molar-refractivity contribution in [3.05, 3.63) is 64.2 Å². The van der Waals surface area contributed by atoms with Crippen LogP contribution in [0.3, 0.4) is 0 Å². The Morgan fingerprint density at radius 2 is 2.07 bits per heavy atom. The first-order valence-electron chi connectivity index (χ1n) is 9.05. The lowest BCUT2D eigenvalue weighted by atomic mass is 10.0. The zero-order valence-corrected chi connectivity index (χ0v) is 16.1. The van der Waals surface area contributed by atoms with Gasteiger partial charge in [0.15, 0.2) is 11.2 Å². The van der Waals surface area contributed by atoms with Crippen molar-refractivity contribution in [3.63, 3.8) is 0 Å². The predicted octanol–water partition coefficient (Wildman–Crippen LogP) is 5.13. The fourth-order valence-corrected chi connectivity index (χ4v) is 4.84. The fraction of sp³-hybridized carbons (Fsp3) is 0.182. The minimum absolute atomic E-state index is 0.617. The van der Waals surface area contributed by atoms with E-state index >= 15 is 0 Å². The van der Waals surface area contributed by atoms with Gasteiger partial charge in [-0.3, -0.25) is 9.20 Å². The third kappa shape index (κ3) is 2.50. The van der Waals surface area contributed by atoms with Crippen LogP contribution < -0.4 is 5.32 Å². The zero-order chi connectivity index (χ0) is 18.5. The van der Waals surface area contributed by atoms with Gasteiger partial charge in [-0.15, -0.1) is 11.3 Å². The van der Waals surface area contributed by atoms with Crippen LogP contribution in [-0.2, 0) is 6.42 Å². The Hall–Kier alpha value is -2.92. The van der Waals surface area contributed by atoms with Gasteiger partial charge in [0.2, 0.25) is 0 Å². The van der Waals surface area contributed by atoms with Crippen molar-refractivity contribution in [1.29, 1.82) is 0 Å². The van der Waals surface area contributed by atoms with E-state index in [1.54, 1.807) is 11.3 Å². The molecule has 3 heterocycles. The smallest absolute Gasteiger partial charge is 0.195 e. The summed E-state index contributed by atoms with van der Waals surface area (Å²) in [5, 5.41) is 5.48. The summed E-state index contributed by atoms with van der Waals surface area (Å²) in [6.45, 7) is 5.13. The van der Waals surface area contributed by atoms with E-state index in [1.165, 1.54) is 16.8 Å². The Kier molecular flexibility index (Phi) is 3.65. The van der Waals surface area contributed by atoms with Gasteiger partial charge in [-0.1, -0.05) is 29.8 Å². The van der Waals surface area contributed by atoms with E-state index in [2.05, 4.69) is 60.9 Å². The molecule has 2 aromatic heterocycles. The van der Waals surface area contributed by atoms with Gasteiger partial charge in [0.1, 0.15) is 11.4 Å². The van der Waals surface area contributed by atoms with Gasteiger partial charge in [-0.2, -0.15) is 0 Å². The first kappa shape index (κ1) is 16.3. The SMILES string of the molecule is Cc1ccc(-c2nc3scc(-c4ccc5c(c4)CCN5)n3c2C=O)c(C)c1. The third-order valence-electron chi connectivity index (χ3n) is 5.26. The number of aldehydes is 1. The molecule has 0 saturated carbocycles. The molecular formula is C22H19N3OS. The molecule has 0 aliphatic carbocycles. The van der Waals surface area contributed by atoms with E-state index in [9.17, 15) is 4.79 Å². The lowest BCUT2D eigenvalue weighted by Crippen LogP contribution is -1.95. The Morgan fingerprint density at radius 3 is 2.89 bits per heavy atom. The summed E-state index contributed by atoms with van der Waals surface area (Å²) >= 11 is 1.57. The predicted molar refractivity (Wildman–Crippen MR) is 111 cm³/mol. The topological polar surface area (TPSA) is 46.4 Å². The van der Waals surface area contributed by atoms with Crippen molar-refractivity contribution >= 4 is 28.3 Å². The maximum atomic E-state index is 12.1. The Labute approximate surface area is 161 Å². The molecule has 1 aliphatic heterocycles. The van der Waals surface area contributed by atoms with Gasteiger partial charge in [-0.25, -0.2) is 4.98 Å². The molecule has 1 N–H and O–H groups in total. The lowest BCUT2D eigenvalue weighted by molar-refractivity contribution is 0.111. The molecule has 5 rings (SSSR count). The van der Waals surface area contributed by atoms with E-state index in [-0.39, 0.29) is 0 Å². The van der Waals surface area contributed by atoms with Gasteiger partial charge < -0.3 is 5.32 Å². The maximum absolute atomic E-state index is 12.1. The normalized spacial score (nSPS) is 13.0. The van der Waals surface area contributed by atoms with Crippen molar-refractivity contribution in [2.45, 2.75) is 20.3 Å². The molecule has 0 fully saturated rings. The van der Waals surface area contributed by atoms with Crippen LogP contribution in [-0.4, -0.2) is 22.2 Å². The standard InChI is InChI=1S/C22H19N3OS/c1-13-3-5-17(14(2)9-13)21-19(11-26)25-20(12-27-22(25)24-21)16-4-6-18-15(10-16)7-8-23-18/h3-6,9-12,23H,7-8H2,1-2H3. The Balaban J connectivity index is 1.72. The van der Waals surface area contributed by atoms with Gasteiger partial charge >= 0.3 is 0 Å². The highest BCUT2D eigenvalue weighted by Gasteiger charge is 2.20. The van der Waals surface area contributed by atoms with Crippen LogP contribution in [0.25, 0.3) is 27.5 Å². The van der Waals surface area contributed by atoms with Crippen LogP contribution in [0.4, 0.5) is 5.69 Å². The van der Waals surface area contributed by atoms with Gasteiger partial charge in [0.05, 0.1) is 5.69 Å². The first-order chi connectivity index (χ1) is 13.2. The van der Waals surface area contributed by atoms with Crippen LogP contribution in [0.2, 0.25) is 0 Å². The number of aromatic nitrogens is 2. The minimum Gasteiger partial charge on any atom is -0.384 e. The second-order valence-corrected chi connectivity index (χ2v) is 7.91. The van der Waals surface area contributed by atoms with Crippen LogP contribution >= 0.6 is 11.3 Å². The number of rotatable bonds is 3. The van der Waals surface area contributed by atoms with Crippen molar-refractivity contribution in [2.75, 3.05) is 11.9 Å². The molecule has 0 bridgehead atoms. The summed E-state index contributed by atoms with van der Waals surface area (Å²) in [7, 11) is 0. The van der Waals surface area contributed by atoms with E-state index < -0.39 is 0 Å². The van der Waals surface area contributed by atoms with E-state index in [4.69, 9.17) is 4.98 Å². The summed E-state index contributed by atoms with van der Waals surface area (Å²) in [6.07, 6.45) is 1.97. The number of aryl methyl sites for hydroxylation is 2. The molecule has 0 saturated heterocycles. The first-order valence-corrected chi connectivity index (χ1v) is 9.93. The minimum atomic E-state index is 0.617. The van der Waals surface area contributed by atoms with Crippen molar-refractivity contribution in [2.24, 2.45) is 0 Å². The summed E-state index contributed by atoms with van der Waals surface area (Å²) in [5.41, 5.74) is 9.42. The number of hydrogen-bond donors (Lipinski definition) is 1. The second-order valence-electron chi connectivity index (χ2n) is 7.07. The molecule has 27 heavy (non-hydrogen) atoms. The number of carbonyl (C=O) groups is 1. The molecular weight excluding hydrogens is 354 g/mol. The number of thiazole rings is 1. The Bertz CT molecular complexity index is 1200. The average molecular weight is 373 g/mol. The molecule has 134 valence electrons. The average Bonchev–Trinajstić information content (AvgIpc) is 3.35. The van der Waals surface area contributed by atoms with E-state index in [0.717, 1.165) is 52.3 Å². The van der Waals surface area contributed by atoms with Crippen LogP contribution in [0.5, 0.6) is 0 Å². The monoisotopic (exact) mass is 373 g/mol. The third-order valence-corrected chi connectivity index (χ3v) is 6.08. The molecule has 0 atom stereocenters. The summed E-state index contributed by atoms with van der Waals surface area (Å²) in [5.74, 6) is 0. The summed E-state index contributed by atoms with van der Waals surface area (Å²) in [4.78, 5) is 17.7. The highest BCUT2D eigenvalue weighted by molar-refractivity contribution is 7.15. The molecule has 4 aromatic rings. The number of anilines is 1. The van der Waals surface area contributed by atoms with E-state index in [1.807, 2.05) is 4.40 Å². The zero-order valence-electron chi connectivity index (χ0n) is 15.2. The second kappa shape index (κ2) is 6.06. The fourth-order valence-electron chi connectivity index (χ4n) is 3.93. The van der Waals surface area contributed by atoms with Crippen LogP contribution in [0.15, 0.2) is 41.8 Å². The van der Waals surface area contributed by atoms with Crippen molar-refractivity contribution < 1.29 is 4.79 Å². The summed E-state index contributed by atoms with van der Waals surface area (Å²) < 4.78 is 2.00. The maximum Gasteiger partial charge on any atom is 0.195 e. The molecule has 0 unspecified atom stereocenters. The van der Waals surface area contributed by atoms with Crippen molar-refractivity contribution in [3.8, 4) is 22.5 Å². The number of benzene rings is 2.